The van der Waals surface area contributed by atoms with Crippen LogP contribution in [-0.2, 0) is 11.3 Å². The Kier molecular flexibility index (Phi) is 3.85. The number of rotatable bonds is 5. The van der Waals surface area contributed by atoms with Crippen LogP contribution in [0.25, 0.3) is 0 Å². The molecule has 1 aromatic rings. The fourth-order valence-corrected chi connectivity index (χ4v) is 1.18. The van der Waals surface area contributed by atoms with E-state index in [2.05, 4.69) is 10.2 Å². The summed E-state index contributed by atoms with van der Waals surface area (Å²) >= 11 is 0. The largest absolute Gasteiger partial charge is 0.388 e. The third-order valence-electron chi connectivity index (χ3n) is 2.00. The van der Waals surface area contributed by atoms with Gasteiger partial charge in [-0.25, -0.2) is 0 Å². The van der Waals surface area contributed by atoms with Crippen molar-refractivity contribution < 1.29 is 9.84 Å². The molecular weight excluding hydrogens is 170 g/mol. The number of hydrogen-bond donors (Lipinski definition) is 1. The zero-order valence-corrected chi connectivity index (χ0v) is 7.97. The lowest BCUT2D eigenvalue weighted by molar-refractivity contribution is 0.178. The zero-order valence-electron chi connectivity index (χ0n) is 7.97. The average molecular weight is 185 g/mol. The number of nitrogens with zero attached hydrogens (tertiary/aromatic N) is 3. The van der Waals surface area contributed by atoms with Gasteiger partial charge in [0, 0.05) is 19.8 Å². The van der Waals surface area contributed by atoms with Gasteiger partial charge in [0.15, 0.2) is 5.82 Å². The van der Waals surface area contributed by atoms with Crippen molar-refractivity contribution in [3.63, 3.8) is 0 Å². The fraction of sp³-hybridized carbons (Fsp3) is 0.750. The van der Waals surface area contributed by atoms with Gasteiger partial charge in [0.2, 0.25) is 0 Å². The Balaban J connectivity index is 2.59. The van der Waals surface area contributed by atoms with Gasteiger partial charge >= 0.3 is 0 Å². The normalized spacial score (nSPS) is 13.2. The lowest BCUT2D eigenvalue weighted by atomic mass is 10.2. The first-order valence-corrected chi connectivity index (χ1v) is 4.27. The van der Waals surface area contributed by atoms with Crippen LogP contribution in [0.5, 0.6) is 0 Å². The van der Waals surface area contributed by atoms with E-state index in [0.717, 1.165) is 6.42 Å². The van der Waals surface area contributed by atoms with Crippen molar-refractivity contribution in [2.45, 2.75) is 26.0 Å². The van der Waals surface area contributed by atoms with E-state index < -0.39 is 0 Å². The van der Waals surface area contributed by atoms with Crippen molar-refractivity contribution in [2.24, 2.45) is 0 Å². The lowest BCUT2D eigenvalue weighted by Crippen LogP contribution is -2.10. The summed E-state index contributed by atoms with van der Waals surface area (Å²) in [5, 5.41) is 16.4. The molecule has 0 aromatic carbocycles. The van der Waals surface area contributed by atoms with E-state index in [4.69, 9.17) is 9.84 Å². The molecule has 0 aliphatic rings. The number of aromatic nitrogens is 3. The highest BCUT2D eigenvalue weighted by Gasteiger charge is 2.09. The minimum atomic E-state index is -0.0721. The molecule has 0 aliphatic heterocycles. The lowest BCUT2D eigenvalue weighted by Gasteiger charge is -2.13. The molecule has 0 saturated carbocycles. The SMILES string of the molecule is COCCC(C)n1cnnc1CO. The Morgan fingerprint density at radius 3 is 3.08 bits per heavy atom. The summed E-state index contributed by atoms with van der Waals surface area (Å²) in [4.78, 5) is 0. The van der Waals surface area contributed by atoms with Crippen molar-refractivity contribution in [3.8, 4) is 0 Å². The number of hydrogen-bond acceptors (Lipinski definition) is 4. The van der Waals surface area contributed by atoms with Gasteiger partial charge < -0.3 is 14.4 Å². The van der Waals surface area contributed by atoms with Gasteiger partial charge in [-0.05, 0) is 13.3 Å². The third-order valence-corrected chi connectivity index (χ3v) is 2.00. The maximum atomic E-state index is 8.93. The van der Waals surface area contributed by atoms with Crippen LogP contribution in [0.15, 0.2) is 6.33 Å². The summed E-state index contributed by atoms with van der Waals surface area (Å²) in [5.41, 5.74) is 0. The van der Waals surface area contributed by atoms with Crippen LogP contribution in [0.1, 0.15) is 25.2 Å². The first-order valence-electron chi connectivity index (χ1n) is 4.27. The van der Waals surface area contributed by atoms with Gasteiger partial charge in [0.05, 0.1) is 0 Å². The third kappa shape index (κ3) is 2.50. The van der Waals surface area contributed by atoms with E-state index in [9.17, 15) is 0 Å². The van der Waals surface area contributed by atoms with Gasteiger partial charge in [-0.3, -0.25) is 0 Å². The maximum Gasteiger partial charge on any atom is 0.158 e. The standard InChI is InChI=1S/C8H15N3O2/c1-7(3-4-13-2)11-6-9-10-8(11)5-12/h6-7,12H,3-5H2,1-2H3. The molecule has 0 bridgehead atoms. The molecule has 13 heavy (non-hydrogen) atoms. The summed E-state index contributed by atoms with van der Waals surface area (Å²) in [6.45, 7) is 2.67. The molecule has 0 fully saturated rings. The van der Waals surface area contributed by atoms with Crippen LogP contribution in [0.4, 0.5) is 0 Å². The quantitative estimate of drug-likeness (QED) is 0.720. The molecule has 1 aromatic heterocycles. The minimum Gasteiger partial charge on any atom is -0.388 e. The molecule has 1 atom stereocenters. The van der Waals surface area contributed by atoms with E-state index in [-0.39, 0.29) is 12.6 Å². The van der Waals surface area contributed by atoms with E-state index in [1.54, 1.807) is 13.4 Å². The van der Waals surface area contributed by atoms with Crippen LogP contribution in [0.3, 0.4) is 0 Å². The van der Waals surface area contributed by atoms with E-state index in [1.165, 1.54) is 0 Å². The van der Waals surface area contributed by atoms with Crippen LogP contribution in [-0.4, -0.2) is 33.6 Å². The number of ether oxygens (including phenoxy) is 1. The molecule has 1 N–H and O–H groups in total. The summed E-state index contributed by atoms with van der Waals surface area (Å²) in [7, 11) is 1.67. The number of aliphatic hydroxyl groups excluding tert-OH is 1. The van der Waals surface area contributed by atoms with E-state index >= 15 is 0 Å². The summed E-state index contributed by atoms with van der Waals surface area (Å²) in [6.07, 6.45) is 2.52. The van der Waals surface area contributed by atoms with Gasteiger partial charge in [0.1, 0.15) is 12.9 Å². The molecule has 74 valence electrons. The predicted octanol–water partition coefficient (Wildman–Crippen LogP) is 0.368. The summed E-state index contributed by atoms with van der Waals surface area (Å²) < 4.78 is 6.83. The molecular formula is C8H15N3O2. The Bertz CT molecular complexity index is 249. The second-order valence-corrected chi connectivity index (χ2v) is 2.94. The molecule has 0 radical (unpaired) electrons. The highest BCUT2D eigenvalue weighted by Crippen LogP contribution is 2.11. The smallest absolute Gasteiger partial charge is 0.158 e. The predicted molar refractivity (Wildman–Crippen MR) is 47.1 cm³/mol. The Morgan fingerprint density at radius 1 is 1.69 bits per heavy atom. The second kappa shape index (κ2) is 4.94. The molecule has 1 rings (SSSR count). The van der Waals surface area contributed by atoms with Gasteiger partial charge in [-0.2, -0.15) is 0 Å². The minimum absolute atomic E-state index is 0.0721. The van der Waals surface area contributed by atoms with E-state index in [0.29, 0.717) is 12.4 Å². The summed E-state index contributed by atoms with van der Waals surface area (Å²) in [6, 6.07) is 0.261. The topological polar surface area (TPSA) is 60.2 Å². The molecule has 5 heteroatoms. The van der Waals surface area contributed by atoms with Crippen molar-refractivity contribution in [1.82, 2.24) is 14.8 Å². The molecule has 0 aliphatic carbocycles. The average Bonchev–Trinajstić information content (AvgIpc) is 2.61. The number of aliphatic hydroxyl groups is 1. The van der Waals surface area contributed by atoms with Gasteiger partial charge in [-0.1, -0.05) is 0 Å². The zero-order chi connectivity index (χ0) is 9.68. The van der Waals surface area contributed by atoms with Gasteiger partial charge in [-0.15, -0.1) is 10.2 Å². The first kappa shape index (κ1) is 10.1. The van der Waals surface area contributed by atoms with Crippen molar-refractivity contribution in [2.75, 3.05) is 13.7 Å². The second-order valence-electron chi connectivity index (χ2n) is 2.94. The van der Waals surface area contributed by atoms with Crippen LogP contribution < -0.4 is 0 Å². The fourth-order valence-electron chi connectivity index (χ4n) is 1.18. The molecule has 0 saturated heterocycles. The monoisotopic (exact) mass is 185 g/mol. The highest BCUT2D eigenvalue weighted by molar-refractivity contribution is 4.85. The van der Waals surface area contributed by atoms with Crippen molar-refractivity contribution >= 4 is 0 Å². The molecule has 1 heterocycles. The highest BCUT2D eigenvalue weighted by atomic mass is 16.5. The van der Waals surface area contributed by atoms with Crippen LogP contribution in [0, 0.1) is 0 Å². The van der Waals surface area contributed by atoms with Crippen molar-refractivity contribution in [3.05, 3.63) is 12.2 Å². The Morgan fingerprint density at radius 2 is 2.46 bits per heavy atom. The first-order chi connectivity index (χ1) is 6.29. The van der Waals surface area contributed by atoms with E-state index in [1.807, 2.05) is 11.5 Å². The molecule has 0 amide bonds. The molecule has 5 nitrogen and oxygen atoms in total. The molecule has 1 unspecified atom stereocenters. The van der Waals surface area contributed by atoms with Crippen LogP contribution in [0.2, 0.25) is 0 Å². The Hall–Kier alpha value is -0.940. The summed E-state index contributed by atoms with van der Waals surface area (Å²) in [5.74, 6) is 0.601. The van der Waals surface area contributed by atoms with Crippen molar-refractivity contribution in [1.29, 1.82) is 0 Å². The Labute approximate surface area is 77.4 Å². The van der Waals surface area contributed by atoms with Crippen LogP contribution >= 0.6 is 0 Å². The number of methoxy groups -OCH3 is 1. The maximum absolute atomic E-state index is 8.93. The molecule has 0 spiro atoms. The van der Waals surface area contributed by atoms with Gasteiger partial charge in [0.25, 0.3) is 0 Å².